The topological polar surface area (TPSA) is 42.4 Å². The summed E-state index contributed by atoms with van der Waals surface area (Å²) in [4.78, 5) is 6.96. The van der Waals surface area contributed by atoms with E-state index >= 15 is 0 Å². The van der Waals surface area contributed by atoms with Gasteiger partial charge in [0.05, 0.1) is 11.4 Å². The molecule has 8 rings (SSSR count). The largest absolute Gasteiger partial charge is 0.455 e. The quantitative estimate of drug-likeness (QED) is 0.240. The van der Waals surface area contributed by atoms with E-state index in [2.05, 4.69) is 83.8 Å². The summed E-state index contributed by atoms with van der Waals surface area (Å²) in [5.41, 5.74) is 7.50. The van der Waals surface area contributed by atoms with Gasteiger partial charge in [-0.15, -0.1) is 0 Å². The molecule has 2 aromatic heterocycles. The molecule has 0 spiro atoms. The van der Waals surface area contributed by atoms with Crippen LogP contribution in [0.2, 0.25) is 0 Å². The summed E-state index contributed by atoms with van der Waals surface area (Å²) < 4.78 is 12.7. The van der Waals surface area contributed by atoms with Gasteiger partial charge >= 0.3 is 6.01 Å². The van der Waals surface area contributed by atoms with Crippen molar-refractivity contribution in [2.45, 2.75) is 0 Å². The Morgan fingerprint density at radius 3 is 2.08 bits per heavy atom. The lowest BCUT2D eigenvalue weighted by molar-refractivity contribution is 0.611. The van der Waals surface area contributed by atoms with Gasteiger partial charge in [0.1, 0.15) is 16.7 Å². The van der Waals surface area contributed by atoms with E-state index in [0.717, 1.165) is 66.3 Å². The van der Waals surface area contributed by atoms with Crippen LogP contribution in [0.5, 0.6) is 0 Å². The Balaban J connectivity index is 1.26. The minimum atomic E-state index is 0.527. The molecule has 0 radical (unpaired) electrons. The molecule has 0 aliphatic carbocycles. The molecule has 4 heteroatoms. The summed E-state index contributed by atoms with van der Waals surface area (Å²) in [5.74, 6) is 0. The zero-order valence-electron chi connectivity index (χ0n) is 20.9. The molecule has 0 unspecified atom stereocenters. The minimum absolute atomic E-state index is 0.527. The number of oxazole rings is 1. The number of aromatic nitrogens is 1. The SMILES string of the molecule is c1ccc(N(c2ccc(-c3cccc4c3oc3ccccc34)cc2)c2nc3ccc4ccccc4c3o2)cc1. The van der Waals surface area contributed by atoms with Gasteiger partial charge in [0, 0.05) is 21.7 Å². The lowest BCUT2D eigenvalue weighted by Gasteiger charge is -2.21. The molecule has 0 aliphatic rings. The van der Waals surface area contributed by atoms with Gasteiger partial charge in [-0.25, -0.2) is 0 Å². The third-order valence-corrected chi connectivity index (χ3v) is 7.31. The second-order valence-corrected chi connectivity index (χ2v) is 9.63. The average Bonchev–Trinajstić information content (AvgIpc) is 3.60. The number of hydrogen-bond donors (Lipinski definition) is 0. The fraction of sp³-hybridized carbons (Fsp3) is 0. The highest BCUT2D eigenvalue weighted by Crippen LogP contribution is 2.40. The Labute approximate surface area is 224 Å². The monoisotopic (exact) mass is 502 g/mol. The van der Waals surface area contributed by atoms with Crippen molar-refractivity contribution in [2.24, 2.45) is 0 Å². The maximum absolute atomic E-state index is 6.46. The van der Waals surface area contributed by atoms with Crippen LogP contribution in [0.15, 0.2) is 142 Å². The molecule has 0 saturated heterocycles. The number of benzene rings is 6. The van der Waals surface area contributed by atoms with Crippen molar-refractivity contribution in [3.63, 3.8) is 0 Å². The predicted molar refractivity (Wildman–Crippen MR) is 159 cm³/mol. The highest BCUT2D eigenvalue weighted by atomic mass is 16.4. The first-order chi connectivity index (χ1) is 19.3. The van der Waals surface area contributed by atoms with E-state index in [1.54, 1.807) is 0 Å². The molecule has 0 N–H and O–H groups in total. The number of hydrogen-bond acceptors (Lipinski definition) is 4. The fourth-order valence-electron chi connectivity index (χ4n) is 5.45. The van der Waals surface area contributed by atoms with E-state index in [1.807, 2.05) is 54.6 Å². The zero-order valence-corrected chi connectivity index (χ0v) is 20.9. The van der Waals surface area contributed by atoms with Crippen molar-refractivity contribution in [3.05, 3.63) is 133 Å². The molecule has 6 aromatic carbocycles. The molecular weight excluding hydrogens is 480 g/mol. The maximum atomic E-state index is 6.46. The first-order valence-electron chi connectivity index (χ1n) is 13.0. The molecule has 0 atom stereocenters. The van der Waals surface area contributed by atoms with Gasteiger partial charge in [-0.2, -0.15) is 4.98 Å². The average molecular weight is 503 g/mol. The van der Waals surface area contributed by atoms with Crippen LogP contribution in [-0.2, 0) is 0 Å². The van der Waals surface area contributed by atoms with Crippen LogP contribution in [0.4, 0.5) is 17.4 Å². The van der Waals surface area contributed by atoms with E-state index < -0.39 is 0 Å². The fourth-order valence-corrected chi connectivity index (χ4v) is 5.45. The van der Waals surface area contributed by atoms with E-state index in [1.165, 1.54) is 0 Å². The molecule has 0 aliphatic heterocycles. The summed E-state index contributed by atoms with van der Waals surface area (Å²) in [6, 6.07) is 46.0. The standard InChI is InChI=1S/C35H22N2O2/c1-2-10-25(11-3-1)37(35-36-31-22-19-23-9-4-5-12-28(23)34(31)39-35)26-20-17-24(18-21-26)27-14-8-15-30-29-13-6-7-16-32(29)38-33(27)30/h1-22H. The molecule has 0 bridgehead atoms. The summed E-state index contributed by atoms with van der Waals surface area (Å²) in [5, 5.41) is 4.43. The van der Waals surface area contributed by atoms with E-state index in [4.69, 9.17) is 13.8 Å². The van der Waals surface area contributed by atoms with Gasteiger partial charge < -0.3 is 8.83 Å². The molecule has 39 heavy (non-hydrogen) atoms. The van der Waals surface area contributed by atoms with Crippen LogP contribution in [0.1, 0.15) is 0 Å². The minimum Gasteiger partial charge on any atom is -0.455 e. The third-order valence-electron chi connectivity index (χ3n) is 7.31. The summed E-state index contributed by atoms with van der Waals surface area (Å²) >= 11 is 0. The Bertz CT molecular complexity index is 2120. The van der Waals surface area contributed by atoms with Crippen LogP contribution >= 0.6 is 0 Å². The van der Waals surface area contributed by atoms with Gasteiger partial charge in [0.15, 0.2) is 5.58 Å². The van der Waals surface area contributed by atoms with E-state index in [0.29, 0.717) is 6.01 Å². The third kappa shape index (κ3) is 3.50. The molecular formula is C35H22N2O2. The predicted octanol–water partition coefficient (Wildman–Crippen LogP) is 10.0. The summed E-state index contributed by atoms with van der Waals surface area (Å²) in [6.07, 6.45) is 0. The van der Waals surface area contributed by atoms with Crippen molar-refractivity contribution in [1.29, 1.82) is 0 Å². The van der Waals surface area contributed by atoms with Crippen molar-refractivity contribution >= 4 is 61.2 Å². The van der Waals surface area contributed by atoms with Gasteiger partial charge in [-0.1, -0.05) is 97.1 Å². The Hall–Kier alpha value is -5.35. The van der Waals surface area contributed by atoms with E-state index in [9.17, 15) is 0 Å². The molecule has 0 saturated carbocycles. The van der Waals surface area contributed by atoms with Gasteiger partial charge in [0.2, 0.25) is 0 Å². The highest BCUT2D eigenvalue weighted by molar-refractivity contribution is 6.09. The number of fused-ring (bicyclic) bond motifs is 6. The number of furan rings is 1. The molecule has 0 fully saturated rings. The number of para-hydroxylation sites is 3. The molecule has 4 nitrogen and oxygen atoms in total. The smallest absolute Gasteiger partial charge is 0.307 e. The van der Waals surface area contributed by atoms with Crippen molar-refractivity contribution < 1.29 is 8.83 Å². The molecule has 8 aromatic rings. The normalized spacial score (nSPS) is 11.6. The maximum Gasteiger partial charge on any atom is 0.307 e. The zero-order chi connectivity index (χ0) is 25.8. The number of rotatable bonds is 4. The number of anilines is 3. The van der Waals surface area contributed by atoms with Crippen molar-refractivity contribution in [3.8, 4) is 11.1 Å². The van der Waals surface area contributed by atoms with Crippen LogP contribution in [-0.4, -0.2) is 4.98 Å². The van der Waals surface area contributed by atoms with Gasteiger partial charge in [0.25, 0.3) is 0 Å². The Morgan fingerprint density at radius 2 is 1.21 bits per heavy atom. The number of nitrogens with zero attached hydrogens (tertiary/aromatic N) is 2. The molecule has 2 heterocycles. The summed E-state index contributed by atoms with van der Waals surface area (Å²) in [6.45, 7) is 0. The van der Waals surface area contributed by atoms with Gasteiger partial charge in [-0.05, 0) is 47.3 Å². The van der Waals surface area contributed by atoms with Crippen molar-refractivity contribution in [2.75, 3.05) is 4.90 Å². The second-order valence-electron chi connectivity index (χ2n) is 9.63. The Kier molecular flexibility index (Phi) is 4.79. The summed E-state index contributed by atoms with van der Waals surface area (Å²) in [7, 11) is 0. The van der Waals surface area contributed by atoms with Crippen LogP contribution in [0, 0.1) is 0 Å². The molecule has 184 valence electrons. The first-order valence-corrected chi connectivity index (χ1v) is 13.0. The highest BCUT2D eigenvalue weighted by Gasteiger charge is 2.20. The van der Waals surface area contributed by atoms with E-state index in [-0.39, 0.29) is 0 Å². The molecule has 0 amide bonds. The lowest BCUT2D eigenvalue weighted by atomic mass is 10.0. The first kappa shape index (κ1) is 21.7. The Morgan fingerprint density at radius 1 is 0.487 bits per heavy atom. The van der Waals surface area contributed by atoms with Crippen molar-refractivity contribution in [1.82, 2.24) is 4.98 Å². The van der Waals surface area contributed by atoms with Crippen LogP contribution in [0.25, 0.3) is 54.9 Å². The van der Waals surface area contributed by atoms with Crippen LogP contribution < -0.4 is 4.90 Å². The second kappa shape index (κ2) is 8.61. The van der Waals surface area contributed by atoms with Gasteiger partial charge in [-0.3, -0.25) is 4.90 Å². The lowest BCUT2D eigenvalue weighted by Crippen LogP contribution is -2.10. The van der Waals surface area contributed by atoms with Crippen LogP contribution in [0.3, 0.4) is 0 Å².